The van der Waals surface area contributed by atoms with Crippen LogP contribution in [-0.4, -0.2) is 10.1 Å². The quantitative estimate of drug-likeness (QED) is 0.912. The number of rotatable bonds is 2. The van der Waals surface area contributed by atoms with E-state index >= 15 is 0 Å². The van der Waals surface area contributed by atoms with Crippen LogP contribution in [0.25, 0.3) is 0 Å². The molecule has 0 amide bonds. The normalized spacial score (nSPS) is 13.6. The number of aryl methyl sites for hydroxylation is 2. The van der Waals surface area contributed by atoms with E-state index < -0.39 is 18.1 Å². The van der Waals surface area contributed by atoms with E-state index in [0.717, 1.165) is 11.1 Å². The van der Waals surface area contributed by atoms with Crippen molar-refractivity contribution in [1.29, 1.82) is 0 Å². The van der Waals surface area contributed by atoms with E-state index in [2.05, 4.69) is 14.7 Å². The van der Waals surface area contributed by atoms with Crippen LogP contribution in [0.2, 0.25) is 0 Å². The zero-order valence-corrected chi connectivity index (χ0v) is 10.3. The summed E-state index contributed by atoms with van der Waals surface area (Å²) in [6.07, 6.45) is -4.66. The third-order valence-electron chi connectivity index (χ3n) is 2.82. The third-order valence-corrected chi connectivity index (χ3v) is 2.82. The molecule has 2 aromatic rings. The van der Waals surface area contributed by atoms with Crippen LogP contribution in [-0.2, 0) is 6.18 Å². The maximum atomic E-state index is 12.4. The fourth-order valence-corrected chi connectivity index (χ4v) is 1.92. The van der Waals surface area contributed by atoms with E-state index in [9.17, 15) is 13.2 Å². The highest BCUT2D eigenvalue weighted by atomic mass is 19.4. The van der Waals surface area contributed by atoms with E-state index in [4.69, 9.17) is 5.73 Å². The lowest BCUT2D eigenvalue weighted by Crippen LogP contribution is -2.17. The maximum Gasteiger partial charge on any atom is 0.471 e. The first-order chi connectivity index (χ1) is 8.80. The van der Waals surface area contributed by atoms with Crippen LogP contribution in [0.3, 0.4) is 0 Å². The Bertz CT molecular complexity index is 572. The van der Waals surface area contributed by atoms with Crippen molar-refractivity contribution in [1.82, 2.24) is 10.1 Å². The molecule has 2 rings (SSSR count). The van der Waals surface area contributed by atoms with Gasteiger partial charge in [0.1, 0.15) is 0 Å². The average molecular weight is 271 g/mol. The zero-order valence-electron chi connectivity index (χ0n) is 10.3. The highest BCUT2D eigenvalue weighted by Gasteiger charge is 2.39. The Labute approximate surface area is 107 Å². The minimum absolute atomic E-state index is 0.176. The average Bonchev–Trinajstić information content (AvgIpc) is 2.77. The SMILES string of the molecule is Cc1cccc(C)c1C(N)c1noc(C(F)(F)F)n1. The van der Waals surface area contributed by atoms with Crippen molar-refractivity contribution < 1.29 is 17.7 Å². The Hall–Kier alpha value is -1.89. The summed E-state index contributed by atoms with van der Waals surface area (Å²) in [5, 5.41) is 3.31. The topological polar surface area (TPSA) is 64.9 Å². The highest BCUT2D eigenvalue weighted by molar-refractivity contribution is 5.38. The van der Waals surface area contributed by atoms with Gasteiger partial charge in [-0.25, -0.2) is 0 Å². The van der Waals surface area contributed by atoms with Gasteiger partial charge in [-0.3, -0.25) is 0 Å². The number of alkyl halides is 3. The Kier molecular flexibility index (Phi) is 3.32. The standard InChI is InChI=1S/C12H12F3N3O/c1-6-4-3-5-7(2)8(6)9(16)10-17-11(19-18-10)12(13,14)15/h3-5,9H,16H2,1-2H3. The number of hydrogen-bond acceptors (Lipinski definition) is 4. The van der Waals surface area contributed by atoms with Crippen LogP contribution in [0.1, 0.15) is 34.4 Å². The fourth-order valence-electron chi connectivity index (χ4n) is 1.92. The van der Waals surface area contributed by atoms with Gasteiger partial charge in [-0.05, 0) is 30.5 Å². The molecule has 0 aliphatic heterocycles. The Morgan fingerprint density at radius 2 is 1.79 bits per heavy atom. The van der Waals surface area contributed by atoms with E-state index in [1.807, 2.05) is 32.0 Å². The van der Waals surface area contributed by atoms with Gasteiger partial charge < -0.3 is 10.3 Å². The van der Waals surface area contributed by atoms with Crippen molar-refractivity contribution in [3.63, 3.8) is 0 Å². The second kappa shape index (κ2) is 4.65. The molecule has 0 saturated carbocycles. The first-order valence-corrected chi connectivity index (χ1v) is 5.53. The number of aromatic nitrogens is 2. The van der Waals surface area contributed by atoms with Crippen molar-refractivity contribution in [2.45, 2.75) is 26.1 Å². The predicted molar refractivity (Wildman–Crippen MR) is 61.2 cm³/mol. The van der Waals surface area contributed by atoms with E-state index in [1.54, 1.807) is 0 Å². The molecule has 0 fully saturated rings. The van der Waals surface area contributed by atoms with Crippen LogP contribution in [0.5, 0.6) is 0 Å². The molecule has 0 aliphatic rings. The molecule has 0 bridgehead atoms. The van der Waals surface area contributed by atoms with Crippen molar-refractivity contribution in [2.75, 3.05) is 0 Å². The van der Waals surface area contributed by atoms with E-state index in [0.29, 0.717) is 5.56 Å². The lowest BCUT2D eigenvalue weighted by molar-refractivity contribution is -0.159. The number of benzene rings is 1. The molecule has 2 N–H and O–H groups in total. The van der Waals surface area contributed by atoms with Crippen LogP contribution in [0.4, 0.5) is 13.2 Å². The molecule has 1 aromatic carbocycles. The van der Waals surface area contributed by atoms with Gasteiger partial charge in [0.25, 0.3) is 0 Å². The first kappa shape index (κ1) is 13.5. The highest BCUT2D eigenvalue weighted by Crippen LogP contribution is 2.30. The Balaban J connectivity index is 2.40. The molecule has 7 heteroatoms. The summed E-state index contributed by atoms with van der Waals surface area (Å²) in [5.41, 5.74) is 8.36. The smallest absolute Gasteiger partial charge is 0.329 e. The molecule has 0 spiro atoms. The largest absolute Gasteiger partial charge is 0.471 e. The van der Waals surface area contributed by atoms with Gasteiger partial charge in [0.05, 0.1) is 6.04 Å². The molecular formula is C12H12F3N3O. The Morgan fingerprint density at radius 1 is 1.21 bits per heavy atom. The molecule has 19 heavy (non-hydrogen) atoms. The summed E-state index contributed by atoms with van der Waals surface area (Å²) >= 11 is 0. The molecule has 1 atom stereocenters. The lowest BCUT2D eigenvalue weighted by Gasteiger charge is -2.14. The van der Waals surface area contributed by atoms with Crippen LogP contribution in [0.15, 0.2) is 22.7 Å². The summed E-state index contributed by atoms with van der Waals surface area (Å²) in [4.78, 5) is 3.31. The van der Waals surface area contributed by atoms with Gasteiger partial charge in [-0.1, -0.05) is 23.4 Å². The summed E-state index contributed by atoms with van der Waals surface area (Å²) < 4.78 is 41.4. The molecule has 0 aliphatic carbocycles. The molecule has 4 nitrogen and oxygen atoms in total. The molecular weight excluding hydrogens is 259 g/mol. The van der Waals surface area contributed by atoms with Gasteiger partial charge in [0.2, 0.25) is 0 Å². The number of hydrogen-bond donors (Lipinski definition) is 1. The van der Waals surface area contributed by atoms with Gasteiger partial charge in [0.15, 0.2) is 5.82 Å². The fraction of sp³-hybridized carbons (Fsp3) is 0.333. The van der Waals surface area contributed by atoms with Crippen molar-refractivity contribution in [3.05, 3.63) is 46.6 Å². The molecule has 0 radical (unpaired) electrons. The molecule has 0 saturated heterocycles. The van der Waals surface area contributed by atoms with Crippen molar-refractivity contribution >= 4 is 0 Å². The molecule has 102 valence electrons. The Morgan fingerprint density at radius 3 is 2.26 bits per heavy atom. The number of nitrogens with two attached hydrogens (primary N) is 1. The van der Waals surface area contributed by atoms with Crippen molar-refractivity contribution in [2.24, 2.45) is 5.73 Å². The second-order valence-electron chi connectivity index (χ2n) is 4.24. The van der Waals surface area contributed by atoms with Crippen LogP contribution < -0.4 is 5.73 Å². The minimum atomic E-state index is -4.66. The molecule has 1 unspecified atom stereocenters. The minimum Gasteiger partial charge on any atom is -0.329 e. The summed E-state index contributed by atoms with van der Waals surface area (Å²) in [7, 11) is 0. The number of halogens is 3. The second-order valence-corrected chi connectivity index (χ2v) is 4.24. The number of nitrogens with zero attached hydrogens (tertiary/aromatic N) is 2. The van der Waals surface area contributed by atoms with E-state index in [-0.39, 0.29) is 5.82 Å². The third kappa shape index (κ3) is 2.60. The van der Waals surface area contributed by atoms with Gasteiger partial charge >= 0.3 is 12.1 Å². The summed E-state index contributed by atoms with van der Waals surface area (Å²) in [6.45, 7) is 3.65. The van der Waals surface area contributed by atoms with E-state index in [1.165, 1.54) is 0 Å². The first-order valence-electron chi connectivity index (χ1n) is 5.53. The molecule has 1 aromatic heterocycles. The lowest BCUT2D eigenvalue weighted by atomic mass is 9.96. The van der Waals surface area contributed by atoms with Gasteiger partial charge in [0, 0.05) is 0 Å². The van der Waals surface area contributed by atoms with Crippen molar-refractivity contribution in [3.8, 4) is 0 Å². The van der Waals surface area contributed by atoms with Crippen LogP contribution in [0, 0.1) is 13.8 Å². The summed E-state index contributed by atoms with van der Waals surface area (Å²) in [6, 6.07) is 4.65. The van der Waals surface area contributed by atoms with Gasteiger partial charge in [-0.2, -0.15) is 18.2 Å². The van der Waals surface area contributed by atoms with Gasteiger partial charge in [-0.15, -0.1) is 0 Å². The van der Waals surface area contributed by atoms with Crippen LogP contribution >= 0.6 is 0 Å². The molecule has 1 heterocycles. The zero-order chi connectivity index (χ0) is 14.2. The summed E-state index contributed by atoms with van der Waals surface area (Å²) in [5.74, 6) is -1.56. The monoisotopic (exact) mass is 271 g/mol. The predicted octanol–water partition coefficient (Wildman–Crippen LogP) is 2.75. The maximum absolute atomic E-state index is 12.4.